The Labute approximate surface area is 127 Å². The first-order valence-electron chi connectivity index (χ1n) is 6.37. The van der Waals surface area contributed by atoms with E-state index < -0.39 is 23.8 Å². The first-order valence-corrected chi connectivity index (χ1v) is 6.75. The van der Waals surface area contributed by atoms with Crippen LogP contribution in [0.2, 0.25) is 5.02 Å². The smallest absolute Gasteiger partial charge is 0.326 e. The van der Waals surface area contributed by atoms with E-state index in [2.05, 4.69) is 10.6 Å². The minimum atomic E-state index is -1.11. The molecule has 0 aliphatic heterocycles. The summed E-state index contributed by atoms with van der Waals surface area (Å²) >= 11 is 5.77. The lowest BCUT2D eigenvalue weighted by molar-refractivity contribution is -0.142. The summed E-state index contributed by atoms with van der Waals surface area (Å²) in [5.41, 5.74) is 0.328. The molecule has 6 nitrogen and oxygen atoms in total. The Balaban J connectivity index is 2.53. The maximum Gasteiger partial charge on any atom is 0.326 e. The molecule has 0 aliphatic carbocycles. The Kier molecular flexibility index (Phi) is 6.17. The number of hydrogen-bond donors (Lipinski definition) is 3. The van der Waals surface area contributed by atoms with Crippen molar-refractivity contribution in [3.63, 3.8) is 0 Å². The Morgan fingerprint density at radius 2 is 1.95 bits per heavy atom. The number of carbonyl (C=O) groups is 3. The normalized spacial score (nSPS) is 11.8. The molecular weight excluding hydrogens is 296 g/mol. The number of hydrogen-bond acceptors (Lipinski definition) is 3. The molecule has 1 aromatic rings. The minimum Gasteiger partial charge on any atom is -0.480 e. The van der Waals surface area contributed by atoms with Gasteiger partial charge < -0.3 is 15.7 Å². The molecule has 0 aliphatic rings. The van der Waals surface area contributed by atoms with Crippen LogP contribution >= 0.6 is 11.6 Å². The van der Waals surface area contributed by atoms with Crippen molar-refractivity contribution in [3.8, 4) is 0 Å². The predicted octanol–water partition coefficient (Wildman–Crippen LogP) is 1.30. The molecular formula is C14H17ClN2O4. The monoisotopic (exact) mass is 312 g/mol. The highest BCUT2D eigenvalue weighted by molar-refractivity contribution is 6.30. The van der Waals surface area contributed by atoms with Gasteiger partial charge in [0.05, 0.1) is 6.54 Å². The number of amides is 2. The number of carboxylic acids is 1. The van der Waals surface area contributed by atoms with Crippen LogP contribution in [0.25, 0.3) is 0 Å². The van der Waals surface area contributed by atoms with Crippen molar-refractivity contribution in [1.82, 2.24) is 10.6 Å². The molecule has 1 unspecified atom stereocenters. The second kappa shape index (κ2) is 7.64. The molecule has 1 atom stereocenters. The topological polar surface area (TPSA) is 95.5 Å². The summed E-state index contributed by atoms with van der Waals surface area (Å²) in [5.74, 6) is -2.38. The lowest BCUT2D eigenvalue weighted by Crippen LogP contribution is -2.48. The largest absolute Gasteiger partial charge is 0.480 e. The van der Waals surface area contributed by atoms with Crippen LogP contribution in [0.4, 0.5) is 0 Å². The second-order valence-electron chi connectivity index (χ2n) is 4.82. The quantitative estimate of drug-likeness (QED) is 0.737. The minimum absolute atomic E-state index is 0.255. The van der Waals surface area contributed by atoms with Crippen LogP contribution in [0.5, 0.6) is 0 Å². The summed E-state index contributed by atoms with van der Waals surface area (Å²) in [6.45, 7) is 3.06. The van der Waals surface area contributed by atoms with Gasteiger partial charge in [-0.25, -0.2) is 4.79 Å². The summed E-state index contributed by atoms with van der Waals surface area (Å²) < 4.78 is 0. The van der Waals surface area contributed by atoms with Crippen LogP contribution in [-0.4, -0.2) is 35.5 Å². The molecule has 1 rings (SSSR count). The lowest BCUT2D eigenvalue weighted by atomic mass is 10.1. The fourth-order valence-corrected chi connectivity index (χ4v) is 1.82. The number of carbonyl (C=O) groups excluding carboxylic acids is 2. The van der Waals surface area contributed by atoms with E-state index in [1.54, 1.807) is 32.0 Å². The van der Waals surface area contributed by atoms with Crippen molar-refractivity contribution in [1.29, 1.82) is 0 Å². The van der Waals surface area contributed by atoms with Gasteiger partial charge in [0.2, 0.25) is 5.91 Å². The first-order chi connectivity index (χ1) is 9.81. The molecule has 0 bridgehead atoms. The van der Waals surface area contributed by atoms with Crippen molar-refractivity contribution in [2.75, 3.05) is 6.54 Å². The number of carboxylic acid groups (broad SMARTS) is 1. The number of nitrogens with one attached hydrogen (secondary N) is 2. The van der Waals surface area contributed by atoms with Gasteiger partial charge in [0.25, 0.3) is 5.91 Å². The van der Waals surface area contributed by atoms with Gasteiger partial charge in [-0.3, -0.25) is 9.59 Å². The number of halogens is 1. The van der Waals surface area contributed by atoms with Gasteiger partial charge in [-0.2, -0.15) is 0 Å². The van der Waals surface area contributed by atoms with Crippen molar-refractivity contribution in [2.45, 2.75) is 19.9 Å². The van der Waals surface area contributed by atoms with Crippen LogP contribution in [0, 0.1) is 5.92 Å². The van der Waals surface area contributed by atoms with Gasteiger partial charge in [-0.15, -0.1) is 0 Å². The van der Waals surface area contributed by atoms with E-state index in [1.807, 2.05) is 0 Å². The molecule has 0 heterocycles. The molecule has 0 fully saturated rings. The van der Waals surface area contributed by atoms with E-state index in [0.29, 0.717) is 10.6 Å². The Morgan fingerprint density at radius 1 is 1.29 bits per heavy atom. The van der Waals surface area contributed by atoms with Crippen LogP contribution < -0.4 is 10.6 Å². The molecule has 3 N–H and O–H groups in total. The average molecular weight is 313 g/mol. The number of rotatable bonds is 6. The van der Waals surface area contributed by atoms with E-state index in [4.69, 9.17) is 16.7 Å². The molecule has 0 aromatic heterocycles. The zero-order chi connectivity index (χ0) is 16.0. The zero-order valence-electron chi connectivity index (χ0n) is 11.7. The fraction of sp³-hybridized carbons (Fsp3) is 0.357. The molecule has 2 amide bonds. The highest BCUT2D eigenvalue weighted by Gasteiger charge is 2.23. The predicted molar refractivity (Wildman–Crippen MR) is 78.2 cm³/mol. The molecule has 0 radical (unpaired) electrons. The van der Waals surface area contributed by atoms with Crippen molar-refractivity contribution >= 4 is 29.4 Å². The SMILES string of the molecule is CC(C)C(NC(=O)CNC(=O)c1cccc(Cl)c1)C(=O)O. The van der Waals surface area contributed by atoms with Crippen molar-refractivity contribution in [3.05, 3.63) is 34.9 Å². The van der Waals surface area contributed by atoms with Gasteiger partial charge in [-0.1, -0.05) is 31.5 Å². The molecule has 0 spiro atoms. The van der Waals surface area contributed by atoms with E-state index in [-0.39, 0.29) is 12.5 Å². The average Bonchev–Trinajstić information content (AvgIpc) is 2.41. The van der Waals surface area contributed by atoms with Gasteiger partial charge >= 0.3 is 5.97 Å². The molecule has 1 aromatic carbocycles. The fourth-order valence-electron chi connectivity index (χ4n) is 1.63. The van der Waals surface area contributed by atoms with Gasteiger partial charge in [0.1, 0.15) is 6.04 Å². The van der Waals surface area contributed by atoms with E-state index in [0.717, 1.165) is 0 Å². The van der Waals surface area contributed by atoms with Crippen molar-refractivity contribution < 1.29 is 19.5 Å². The maximum absolute atomic E-state index is 11.8. The molecule has 114 valence electrons. The van der Waals surface area contributed by atoms with Gasteiger partial charge in [0, 0.05) is 10.6 Å². The van der Waals surface area contributed by atoms with E-state index in [1.165, 1.54) is 6.07 Å². The molecule has 21 heavy (non-hydrogen) atoms. The van der Waals surface area contributed by atoms with Crippen LogP contribution in [0.15, 0.2) is 24.3 Å². The zero-order valence-corrected chi connectivity index (χ0v) is 12.5. The summed E-state index contributed by atoms with van der Waals surface area (Å²) in [6.07, 6.45) is 0. The summed E-state index contributed by atoms with van der Waals surface area (Å²) in [7, 11) is 0. The van der Waals surface area contributed by atoms with Crippen LogP contribution in [0.1, 0.15) is 24.2 Å². The third-order valence-corrected chi connectivity index (χ3v) is 2.98. The number of aliphatic carboxylic acids is 1. The highest BCUT2D eigenvalue weighted by Crippen LogP contribution is 2.10. The molecule has 0 saturated heterocycles. The van der Waals surface area contributed by atoms with Gasteiger partial charge in [-0.05, 0) is 24.1 Å². The summed E-state index contributed by atoms with van der Waals surface area (Å²) in [6, 6.07) is 5.30. The van der Waals surface area contributed by atoms with Crippen molar-refractivity contribution in [2.24, 2.45) is 5.92 Å². The molecule has 7 heteroatoms. The summed E-state index contributed by atoms with van der Waals surface area (Å²) in [4.78, 5) is 34.4. The van der Waals surface area contributed by atoms with E-state index >= 15 is 0 Å². The number of benzene rings is 1. The third kappa shape index (κ3) is 5.43. The highest BCUT2D eigenvalue weighted by atomic mass is 35.5. The second-order valence-corrected chi connectivity index (χ2v) is 5.26. The Hall–Kier alpha value is -2.08. The Bertz CT molecular complexity index is 546. The van der Waals surface area contributed by atoms with Crippen LogP contribution in [0.3, 0.4) is 0 Å². The first kappa shape index (κ1) is 17.0. The lowest BCUT2D eigenvalue weighted by Gasteiger charge is -2.18. The maximum atomic E-state index is 11.8. The Morgan fingerprint density at radius 3 is 2.48 bits per heavy atom. The molecule has 0 saturated carbocycles. The standard InChI is InChI=1S/C14H17ClN2O4/c1-8(2)12(14(20)21)17-11(18)7-16-13(19)9-4-3-5-10(15)6-9/h3-6,8,12H,7H2,1-2H3,(H,16,19)(H,17,18)(H,20,21). The summed E-state index contributed by atoms with van der Waals surface area (Å²) in [5, 5.41) is 14.1. The third-order valence-electron chi connectivity index (χ3n) is 2.75. The van der Waals surface area contributed by atoms with Gasteiger partial charge in [0.15, 0.2) is 0 Å². The van der Waals surface area contributed by atoms with Crippen LogP contribution in [-0.2, 0) is 9.59 Å². The van der Waals surface area contributed by atoms with E-state index in [9.17, 15) is 14.4 Å².